The highest BCUT2D eigenvalue weighted by Gasteiger charge is 2.38. The van der Waals surface area contributed by atoms with E-state index in [4.69, 9.17) is 24.5 Å². The van der Waals surface area contributed by atoms with Crippen LogP contribution in [-0.2, 0) is 19.1 Å². The molecule has 1 atom stereocenters. The first-order chi connectivity index (χ1) is 15.1. The molecule has 2 aliphatic rings. The van der Waals surface area contributed by atoms with Crippen molar-refractivity contribution >= 4 is 23.5 Å². The second-order valence-electron chi connectivity index (χ2n) is 7.27. The zero-order valence-corrected chi connectivity index (χ0v) is 17.1. The molecular formula is C20H25F3N2O7. The number of carboxylic acids is 2. The van der Waals surface area contributed by atoms with E-state index in [1.807, 2.05) is 0 Å². The van der Waals surface area contributed by atoms with Gasteiger partial charge < -0.3 is 25.0 Å². The number of carboxylic acid groups (broad SMARTS) is 2. The number of amides is 1. The van der Waals surface area contributed by atoms with Crippen molar-refractivity contribution in [1.29, 1.82) is 0 Å². The molecule has 1 saturated carbocycles. The number of anilines is 1. The summed E-state index contributed by atoms with van der Waals surface area (Å²) in [6, 6.07) is 6.94. The Bertz CT molecular complexity index is 798. The van der Waals surface area contributed by atoms with Crippen LogP contribution in [0.15, 0.2) is 24.3 Å². The predicted octanol–water partition coefficient (Wildman–Crippen LogP) is 2.37. The molecule has 3 N–H and O–H groups in total. The van der Waals surface area contributed by atoms with Gasteiger partial charge >= 0.3 is 18.1 Å². The molecule has 9 nitrogen and oxygen atoms in total. The van der Waals surface area contributed by atoms with Gasteiger partial charge in [-0.15, -0.1) is 0 Å². The molecule has 12 heteroatoms. The summed E-state index contributed by atoms with van der Waals surface area (Å²) in [7, 11) is 0. The molecule has 0 radical (unpaired) electrons. The first-order valence-electron chi connectivity index (χ1n) is 9.97. The standard InChI is InChI=1S/C18H24N2O5.C2HF3O2/c21-17(22)12-25-15-7-3-4-13(10-15)19-18(23)16-11-24-9-8-20(16)14-5-1-2-6-14;3-2(4,5)1(6)7/h3-4,7,10,14,16H,1-2,5-6,8-9,11-12H2,(H,19,23)(H,21,22);(H,6,7). The average Bonchev–Trinajstić information content (AvgIpc) is 3.27. The summed E-state index contributed by atoms with van der Waals surface area (Å²) >= 11 is 0. The van der Waals surface area contributed by atoms with E-state index in [-0.39, 0.29) is 11.9 Å². The van der Waals surface area contributed by atoms with E-state index in [1.54, 1.807) is 24.3 Å². The van der Waals surface area contributed by atoms with E-state index < -0.39 is 24.7 Å². The average molecular weight is 462 g/mol. The van der Waals surface area contributed by atoms with Gasteiger partial charge in [0, 0.05) is 24.3 Å². The van der Waals surface area contributed by atoms with Crippen LogP contribution in [0.3, 0.4) is 0 Å². The zero-order valence-electron chi connectivity index (χ0n) is 17.1. The molecule has 2 fully saturated rings. The fraction of sp³-hybridized carbons (Fsp3) is 0.550. The summed E-state index contributed by atoms with van der Waals surface area (Å²) in [5.41, 5.74) is 0.588. The number of rotatable bonds is 6. The van der Waals surface area contributed by atoms with Crippen molar-refractivity contribution in [2.24, 2.45) is 0 Å². The Morgan fingerprint density at radius 3 is 2.44 bits per heavy atom. The van der Waals surface area contributed by atoms with Crippen LogP contribution in [0.5, 0.6) is 5.75 Å². The number of nitrogens with one attached hydrogen (secondary N) is 1. The lowest BCUT2D eigenvalue weighted by atomic mass is 10.1. The fourth-order valence-electron chi connectivity index (χ4n) is 3.55. The second kappa shape index (κ2) is 11.7. The van der Waals surface area contributed by atoms with Crippen molar-refractivity contribution < 1.29 is 47.2 Å². The largest absolute Gasteiger partial charge is 0.490 e. The second-order valence-corrected chi connectivity index (χ2v) is 7.27. The Hall–Kier alpha value is -2.86. The third-order valence-corrected chi connectivity index (χ3v) is 4.97. The molecule has 1 aromatic carbocycles. The maximum atomic E-state index is 12.7. The van der Waals surface area contributed by atoms with Crippen LogP contribution in [0.1, 0.15) is 25.7 Å². The van der Waals surface area contributed by atoms with Crippen LogP contribution in [0, 0.1) is 0 Å². The van der Waals surface area contributed by atoms with Gasteiger partial charge in [-0.2, -0.15) is 13.2 Å². The van der Waals surface area contributed by atoms with Gasteiger partial charge in [0.1, 0.15) is 11.8 Å². The van der Waals surface area contributed by atoms with Gasteiger partial charge in [0.05, 0.1) is 13.2 Å². The van der Waals surface area contributed by atoms with Gasteiger partial charge in [-0.1, -0.05) is 18.9 Å². The van der Waals surface area contributed by atoms with E-state index in [0.717, 1.165) is 19.4 Å². The molecule has 1 heterocycles. The summed E-state index contributed by atoms with van der Waals surface area (Å²) in [5, 5.41) is 18.7. The van der Waals surface area contributed by atoms with Gasteiger partial charge in [0.25, 0.3) is 0 Å². The number of halogens is 3. The molecule has 1 unspecified atom stereocenters. The summed E-state index contributed by atoms with van der Waals surface area (Å²) in [4.78, 5) is 34.5. The van der Waals surface area contributed by atoms with Crippen LogP contribution < -0.4 is 10.1 Å². The first-order valence-corrected chi connectivity index (χ1v) is 9.97. The van der Waals surface area contributed by atoms with Crippen LogP contribution in [0.25, 0.3) is 0 Å². The maximum Gasteiger partial charge on any atom is 0.490 e. The maximum absolute atomic E-state index is 12.7. The Morgan fingerprint density at radius 1 is 1.19 bits per heavy atom. The first kappa shape index (κ1) is 25.4. The number of aliphatic carboxylic acids is 2. The Labute approximate surface area is 182 Å². The number of alkyl halides is 3. The highest BCUT2D eigenvalue weighted by atomic mass is 19.4. The molecule has 3 rings (SSSR count). The van der Waals surface area contributed by atoms with Crippen LogP contribution >= 0.6 is 0 Å². The molecule has 1 saturated heterocycles. The summed E-state index contributed by atoms with van der Waals surface area (Å²) < 4.78 is 42.4. The Kier molecular flexibility index (Phi) is 9.27. The van der Waals surface area contributed by atoms with Crippen LogP contribution in [-0.4, -0.2) is 77.6 Å². The minimum Gasteiger partial charge on any atom is -0.482 e. The minimum absolute atomic E-state index is 0.0954. The van der Waals surface area contributed by atoms with Crippen molar-refractivity contribution in [2.45, 2.75) is 43.9 Å². The fourth-order valence-corrected chi connectivity index (χ4v) is 3.55. The summed E-state index contributed by atoms with van der Waals surface area (Å²) in [6.07, 6.45) is -0.358. The van der Waals surface area contributed by atoms with Gasteiger partial charge in [0.2, 0.25) is 5.91 Å². The highest BCUT2D eigenvalue weighted by Crippen LogP contribution is 2.27. The highest BCUT2D eigenvalue weighted by molar-refractivity contribution is 5.95. The van der Waals surface area contributed by atoms with Crippen LogP contribution in [0.4, 0.5) is 18.9 Å². The third kappa shape index (κ3) is 8.00. The molecule has 1 amide bonds. The lowest BCUT2D eigenvalue weighted by Crippen LogP contribution is -2.55. The SMILES string of the molecule is O=C(O)C(F)(F)F.O=C(O)COc1cccc(NC(=O)C2COCCN2C2CCCC2)c1. The van der Waals surface area contributed by atoms with Gasteiger partial charge in [-0.25, -0.2) is 9.59 Å². The summed E-state index contributed by atoms with van der Waals surface area (Å²) in [6.45, 7) is 1.43. The normalized spacial score (nSPS) is 19.5. The number of nitrogens with zero attached hydrogens (tertiary/aromatic N) is 1. The van der Waals surface area contributed by atoms with Crippen molar-refractivity contribution in [1.82, 2.24) is 4.90 Å². The van der Waals surface area contributed by atoms with Gasteiger partial charge in [0.15, 0.2) is 6.61 Å². The monoisotopic (exact) mass is 462 g/mol. The number of ether oxygens (including phenoxy) is 2. The van der Waals surface area contributed by atoms with E-state index in [2.05, 4.69) is 10.2 Å². The number of hydrogen-bond donors (Lipinski definition) is 3. The molecule has 1 aliphatic heterocycles. The lowest BCUT2D eigenvalue weighted by molar-refractivity contribution is -0.192. The molecule has 178 valence electrons. The van der Waals surface area contributed by atoms with Crippen molar-refractivity contribution in [2.75, 3.05) is 31.7 Å². The van der Waals surface area contributed by atoms with Crippen molar-refractivity contribution in [3.05, 3.63) is 24.3 Å². The topological polar surface area (TPSA) is 125 Å². The van der Waals surface area contributed by atoms with Crippen molar-refractivity contribution in [3.8, 4) is 5.75 Å². The quantitative estimate of drug-likeness (QED) is 0.589. The number of carbonyl (C=O) groups is 3. The van der Waals surface area contributed by atoms with E-state index >= 15 is 0 Å². The number of benzene rings is 1. The minimum atomic E-state index is -5.08. The number of carbonyl (C=O) groups excluding carboxylic acids is 1. The molecule has 0 aromatic heterocycles. The Balaban J connectivity index is 0.000000451. The number of hydrogen-bond acceptors (Lipinski definition) is 6. The molecule has 0 bridgehead atoms. The third-order valence-electron chi connectivity index (χ3n) is 4.97. The smallest absolute Gasteiger partial charge is 0.482 e. The molecule has 32 heavy (non-hydrogen) atoms. The van der Waals surface area contributed by atoms with Crippen LogP contribution in [0.2, 0.25) is 0 Å². The van der Waals surface area contributed by atoms with Gasteiger partial charge in [-0.05, 0) is 25.0 Å². The van der Waals surface area contributed by atoms with E-state index in [9.17, 15) is 22.8 Å². The molecule has 0 spiro atoms. The molecule has 1 aliphatic carbocycles. The molecular weight excluding hydrogens is 437 g/mol. The summed E-state index contributed by atoms with van der Waals surface area (Å²) in [5.74, 6) is -3.48. The Morgan fingerprint density at radius 2 is 1.84 bits per heavy atom. The van der Waals surface area contributed by atoms with Crippen molar-refractivity contribution in [3.63, 3.8) is 0 Å². The van der Waals surface area contributed by atoms with Gasteiger partial charge in [-0.3, -0.25) is 9.69 Å². The van der Waals surface area contributed by atoms with E-state index in [0.29, 0.717) is 30.7 Å². The lowest BCUT2D eigenvalue weighted by Gasteiger charge is -2.38. The zero-order chi connectivity index (χ0) is 23.7. The van der Waals surface area contributed by atoms with E-state index in [1.165, 1.54) is 12.8 Å². The number of morpholine rings is 1. The predicted molar refractivity (Wildman–Crippen MR) is 105 cm³/mol. The molecule has 1 aromatic rings.